The molecular formula is C57H37N3. The molecule has 2 aliphatic carbocycles. The maximum absolute atomic E-state index is 5.18. The van der Waals surface area contributed by atoms with Crippen molar-refractivity contribution in [1.82, 2.24) is 14.5 Å². The van der Waals surface area contributed by atoms with Gasteiger partial charge in [0, 0.05) is 38.4 Å². The molecule has 11 aromatic rings. The number of nitrogens with zero attached hydrogens (tertiary/aromatic N) is 3. The summed E-state index contributed by atoms with van der Waals surface area (Å²) in [6.07, 6.45) is 0. The minimum Gasteiger partial charge on any atom is -0.309 e. The van der Waals surface area contributed by atoms with Gasteiger partial charge in [-0.2, -0.15) is 0 Å². The summed E-state index contributed by atoms with van der Waals surface area (Å²) in [7, 11) is 0. The number of benzene rings is 9. The summed E-state index contributed by atoms with van der Waals surface area (Å²) in [5, 5.41) is 5.98. The van der Waals surface area contributed by atoms with Crippen molar-refractivity contribution in [2.45, 2.75) is 19.3 Å². The average Bonchev–Trinajstić information content (AvgIpc) is 3.89. The van der Waals surface area contributed by atoms with Crippen LogP contribution >= 0.6 is 0 Å². The summed E-state index contributed by atoms with van der Waals surface area (Å²) in [6, 6.07) is 69.0. The van der Waals surface area contributed by atoms with Crippen LogP contribution in [0.15, 0.2) is 188 Å². The van der Waals surface area contributed by atoms with E-state index in [1.54, 1.807) is 0 Å². The first-order valence-electron chi connectivity index (χ1n) is 20.8. The molecule has 13 rings (SSSR count). The lowest BCUT2D eigenvalue weighted by molar-refractivity contribution is 0.660. The highest BCUT2D eigenvalue weighted by molar-refractivity contribution is 6.14. The van der Waals surface area contributed by atoms with Crippen molar-refractivity contribution >= 4 is 43.5 Å². The van der Waals surface area contributed by atoms with Gasteiger partial charge in [0.2, 0.25) is 0 Å². The van der Waals surface area contributed by atoms with E-state index in [1.807, 2.05) is 0 Å². The van der Waals surface area contributed by atoms with Gasteiger partial charge in [0.15, 0.2) is 5.82 Å². The van der Waals surface area contributed by atoms with E-state index in [4.69, 9.17) is 9.97 Å². The second-order valence-electron chi connectivity index (χ2n) is 17.0. The highest BCUT2D eigenvalue weighted by Crippen LogP contribution is 2.50. The molecule has 2 aromatic heterocycles. The minimum absolute atomic E-state index is 0.0522. The molecule has 0 bridgehead atoms. The second kappa shape index (κ2) is 12.2. The number of para-hydroxylation sites is 1. The molecule has 60 heavy (non-hydrogen) atoms. The topological polar surface area (TPSA) is 30.7 Å². The van der Waals surface area contributed by atoms with Gasteiger partial charge in [-0.3, -0.25) is 0 Å². The standard InChI is InChI=1S/C57H37N3/c1-57(2)49-17-9-8-14-43(49)44-26-23-39(33-50(44)57)38-25-28-53-48(32-38)47-31-37(24-27-52(47)60(53)41-11-4-3-5-12-41)35-19-20-36-30-40(22-21-34(36)29-35)56-58-51-18-10-16-45-42-13-6-7-15-46(42)55(59-56)54(45)51/h3-33H,1-2H3. The molecule has 0 saturated carbocycles. The van der Waals surface area contributed by atoms with Gasteiger partial charge < -0.3 is 4.57 Å². The predicted molar refractivity (Wildman–Crippen MR) is 250 cm³/mol. The van der Waals surface area contributed by atoms with Gasteiger partial charge in [0.05, 0.1) is 22.2 Å². The lowest BCUT2D eigenvalue weighted by Gasteiger charge is -2.22. The zero-order valence-corrected chi connectivity index (χ0v) is 33.2. The van der Waals surface area contributed by atoms with Gasteiger partial charge in [-0.1, -0.05) is 141 Å². The third-order valence-electron chi connectivity index (χ3n) is 13.3. The zero-order chi connectivity index (χ0) is 39.7. The van der Waals surface area contributed by atoms with Crippen LogP contribution in [-0.2, 0) is 5.41 Å². The predicted octanol–water partition coefficient (Wildman–Crippen LogP) is 14.8. The van der Waals surface area contributed by atoms with E-state index in [9.17, 15) is 0 Å². The van der Waals surface area contributed by atoms with Crippen molar-refractivity contribution in [3.05, 3.63) is 199 Å². The first-order chi connectivity index (χ1) is 29.5. The fourth-order valence-corrected chi connectivity index (χ4v) is 10.3. The first-order valence-corrected chi connectivity index (χ1v) is 20.8. The molecule has 9 aromatic carbocycles. The highest BCUT2D eigenvalue weighted by Gasteiger charge is 2.35. The van der Waals surface area contributed by atoms with E-state index in [2.05, 4.69) is 206 Å². The molecule has 2 heterocycles. The molecule has 0 aliphatic heterocycles. The lowest BCUT2D eigenvalue weighted by Crippen LogP contribution is -2.14. The molecular weight excluding hydrogens is 727 g/mol. The van der Waals surface area contributed by atoms with Crippen molar-refractivity contribution in [3.8, 4) is 72.8 Å². The van der Waals surface area contributed by atoms with Gasteiger partial charge in [-0.25, -0.2) is 9.97 Å². The smallest absolute Gasteiger partial charge is 0.160 e. The molecule has 3 nitrogen and oxygen atoms in total. The average molecular weight is 764 g/mol. The normalized spacial score (nSPS) is 13.3. The SMILES string of the molecule is CC1(C)c2ccccc2-c2ccc(-c3ccc4c(c3)c3cc(-c5ccc6cc(-c7nc8c9c(cccc9n7)-c7ccccc7-8)ccc6c5)ccc3n4-c3ccccc3)cc21. The van der Waals surface area contributed by atoms with Crippen LogP contribution in [-0.4, -0.2) is 14.5 Å². The van der Waals surface area contributed by atoms with Crippen molar-refractivity contribution in [2.75, 3.05) is 0 Å². The number of fused-ring (bicyclic) bond motifs is 10. The Morgan fingerprint density at radius 2 is 0.967 bits per heavy atom. The van der Waals surface area contributed by atoms with Gasteiger partial charge in [0.1, 0.15) is 0 Å². The maximum atomic E-state index is 5.18. The van der Waals surface area contributed by atoms with Crippen LogP contribution in [0, 0.1) is 0 Å². The third kappa shape index (κ3) is 4.72. The largest absolute Gasteiger partial charge is 0.309 e. The van der Waals surface area contributed by atoms with Gasteiger partial charge >= 0.3 is 0 Å². The number of hydrogen-bond donors (Lipinski definition) is 0. The molecule has 0 fully saturated rings. The number of rotatable bonds is 4. The van der Waals surface area contributed by atoms with Crippen LogP contribution in [0.2, 0.25) is 0 Å². The van der Waals surface area contributed by atoms with Gasteiger partial charge in [-0.15, -0.1) is 0 Å². The Hall–Kier alpha value is -7.62. The van der Waals surface area contributed by atoms with E-state index >= 15 is 0 Å². The van der Waals surface area contributed by atoms with Crippen LogP contribution < -0.4 is 0 Å². The Morgan fingerprint density at radius 3 is 1.73 bits per heavy atom. The summed E-state index contributed by atoms with van der Waals surface area (Å²) in [5.41, 5.74) is 20.5. The van der Waals surface area contributed by atoms with Crippen LogP contribution in [0.3, 0.4) is 0 Å². The van der Waals surface area contributed by atoms with Crippen molar-refractivity contribution < 1.29 is 0 Å². The Morgan fingerprint density at radius 1 is 0.400 bits per heavy atom. The van der Waals surface area contributed by atoms with Crippen molar-refractivity contribution in [2.24, 2.45) is 0 Å². The molecule has 0 radical (unpaired) electrons. The lowest BCUT2D eigenvalue weighted by atomic mass is 9.81. The number of aromatic nitrogens is 3. The van der Waals surface area contributed by atoms with E-state index in [0.29, 0.717) is 0 Å². The molecule has 0 saturated heterocycles. The van der Waals surface area contributed by atoms with Crippen LogP contribution in [0.1, 0.15) is 25.0 Å². The van der Waals surface area contributed by atoms with Crippen molar-refractivity contribution in [1.29, 1.82) is 0 Å². The monoisotopic (exact) mass is 763 g/mol. The Kier molecular flexibility index (Phi) is 6.78. The zero-order valence-electron chi connectivity index (χ0n) is 33.2. The van der Waals surface area contributed by atoms with Crippen LogP contribution in [0.5, 0.6) is 0 Å². The molecule has 0 N–H and O–H groups in total. The van der Waals surface area contributed by atoms with Gasteiger partial charge in [0.25, 0.3) is 0 Å². The Bertz CT molecular complexity index is 3630. The molecule has 0 atom stereocenters. The quantitative estimate of drug-likeness (QED) is 0.179. The molecule has 3 heteroatoms. The third-order valence-corrected chi connectivity index (χ3v) is 13.3. The molecule has 280 valence electrons. The second-order valence-corrected chi connectivity index (χ2v) is 17.0. The van der Waals surface area contributed by atoms with Crippen LogP contribution in [0.25, 0.3) is 116 Å². The summed E-state index contributed by atoms with van der Waals surface area (Å²) in [4.78, 5) is 10.3. The minimum atomic E-state index is -0.0522. The highest BCUT2D eigenvalue weighted by atomic mass is 15.0. The first kappa shape index (κ1) is 33.4. The molecule has 0 amide bonds. The maximum Gasteiger partial charge on any atom is 0.160 e. The fraction of sp³-hybridized carbons (Fsp3) is 0.0526. The summed E-state index contributed by atoms with van der Waals surface area (Å²) in [6.45, 7) is 4.71. The van der Waals surface area contributed by atoms with E-state index in [1.165, 1.54) is 88.4 Å². The number of hydrogen-bond acceptors (Lipinski definition) is 2. The fourth-order valence-electron chi connectivity index (χ4n) is 10.3. The van der Waals surface area contributed by atoms with Crippen molar-refractivity contribution in [3.63, 3.8) is 0 Å². The molecule has 2 aliphatic rings. The summed E-state index contributed by atoms with van der Waals surface area (Å²) in [5.74, 6) is 0.755. The van der Waals surface area contributed by atoms with E-state index in [0.717, 1.165) is 39.1 Å². The Balaban J connectivity index is 0.915. The van der Waals surface area contributed by atoms with Crippen LogP contribution in [0.4, 0.5) is 0 Å². The molecule has 0 spiro atoms. The molecule has 0 unspecified atom stereocenters. The summed E-state index contributed by atoms with van der Waals surface area (Å²) >= 11 is 0. The van der Waals surface area contributed by atoms with E-state index < -0.39 is 0 Å². The summed E-state index contributed by atoms with van der Waals surface area (Å²) < 4.78 is 2.41. The Labute approximate surface area is 347 Å². The van der Waals surface area contributed by atoms with E-state index in [-0.39, 0.29) is 5.41 Å². The van der Waals surface area contributed by atoms with Gasteiger partial charge in [-0.05, 0) is 127 Å².